The van der Waals surface area contributed by atoms with E-state index in [1.165, 1.54) is 16.7 Å². The van der Waals surface area contributed by atoms with Crippen LogP contribution in [0.15, 0.2) is 19.0 Å². The number of pyridine rings is 1. The van der Waals surface area contributed by atoms with Gasteiger partial charge < -0.3 is 5.73 Å². The lowest BCUT2D eigenvalue weighted by atomic mass is 10.1. The molecule has 0 radical (unpaired) electrons. The SMILES string of the molecule is C=Cc1c(C)cncc1C.CC.CCCN. The summed E-state index contributed by atoms with van der Waals surface area (Å²) in [6.07, 6.45) is 6.67. The molecular formula is C14H26N2. The quantitative estimate of drug-likeness (QED) is 0.828. The van der Waals surface area contributed by atoms with E-state index in [9.17, 15) is 0 Å². The average Bonchev–Trinajstić information content (AvgIpc) is 2.32. The molecule has 0 aliphatic carbocycles. The van der Waals surface area contributed by atoms with Gasteiger partial charge in [-0.2, -0.15) is 0 Å². The van der Waals surface area contributed by atoms with Crippen molar-refractivity contribution >= 4 is 6.08 Å². The summed E-state index contributed by atoms with van der Waals surface area (Å²) in [5.41, 5.74) is 8.61. The minimum atomic E-state index is 0.819. The highest BCUT2D eigenvalue weighted by atomic mass is 14.6. The predicted molar refractivity (Wildman–Crippen MR) is 74.5 cm³/mol. The fourth-order valence-corrected chi connectivity index (χ4v) is 1.03. The van der Waals surface area contributed by atoms with E-state index in [1.807, 2.05) is 46.2 Å². The molecule has 0 aliphatic heterocycles. The van der Waals surface area contributed by atoms with Gasteiger partial charge in [-0.15, -0.1) is 0 Å². The molecule has 0 amide bonds. The van der Waals surface area contributed by atoms with Crippen molar-refractivity contribution in [1.29, 1.82) is 0 Å². The van der Waals surface area contributed by atoms with Crippen LogP contribution in [0.5, 0.6) is 0 Å². The van der Waals surface area contributed by atoms with Crippen molar-refractivity contribution in [3.63, 3.8) is 0 Å². The number of nitrogens with zero attached hydrogens (tertiary/aromatic N) is 1. The molecule has 0 unspecified atom stereocenters. The maximum absolute atomic E-state index is 5.03. The summed E-state index contributed by atoms with van der Waals surface area (Å²) in [6.45, 7) is 14.7. The van der Waals surface area contributed by atoms with E-state index >= 15 is 0 Å². The zero-order valence-electron chi connectivity index (χ0n) is 11.4. The maximum atomic E-state index is 5.03. The molecule has 2 N–H and O–H groups in total. The van der Waals surface area contributed by atoms with E-state index in [0.717, 1.165) is 13.0 Å². The van der Waals surface area contributed by atoms with Crippen molar-refractivity contribution in [2.75, 3.05) is 6.54 Å². The highest BCUT2D eigenvalue weighted by Crippen LogP contribution is 2.11. The first-order valence-corrected chi connectivity index (χ1v) is 5.91. The van der Waals surface area contributed by atoms with E-state index in [1.54, 1.807) is 0 Å². The maximum Gasteiger partial charge on any atom is 0.0303 e. The molecule has 1 aromatic heterocycles. The molecule has 16 heavy (non-hydrogen) atoms. The molecular weight excluding hydrogens is 196 g/mol. The van der Waals surface area contributed by atoms with Gasteiger partial charge >= 0.3 is 0 Å². The van der Waals surface area contributed by atoms with Gasteiger partial charge in [0.1, 0.15) is 0 Å². The van der Waals surface area contributed by atoms with Gasteiger partial charge in [0.2, 0.25) is 0 Å². The first-order chi connectivity index (χ1) is 7.67. The lowest BCUT2D eigenvalue weighted by Crippen LogP contribution is -1.93. The summed E-state index contributed by atoms with van der Waals surface area (Å²) in [5, 5.41) is 0. The Hall–Kier alpha value is -1.15. The third-order valence-corrected chi connectivity index (χ3v) is 1.88. The Morgan fingerprint density at radius 1 is 1.25 bits per heavy atom. The van der Waals surface area contributed by atoms with Crippen LogP contribution in [0.2, 0.25) is 0 Å². The van der Waals surface area contributed by atoms with Crippen LogP contribution < -0.4 is 5.73 Å². The number of rotatable bonds is 2. The normalized spacial score (nSPS) is 8.12. The topological polar surface area (TPSA) is 38.9 Å². The van der Waals surface area contributed by atoms with E-state index in [2.05, 4.69) is 18.5 Å². The van der Waals surface area contributed by atoms with Gasteiger partial charge in [-0.05, 0) is 43.5 Å². The third kappa shape index (κ3) is 7.18. The molecule has 0 spiro atoms. The number of aromatic nitrogens is 1. The minimum Gasteiger partial charge on any atom is -0.330 e. The molecule has 2 heteroatoms. The van der Waals surface area contributed by atoms with Crippen molar-refractivity contribution in [2.24, 2.45) is 5.73 Å². The summed E-state index contributed by atoms with van der Waals surface area (Å²) >= 11 is 0. The summed E-state index contributed by atoms with van der Waals surface area (Å²) < 4.78 is 0. The molecule has 0 saturated heterocycles. The molecule has 2 nitrogen and oxygen atoms in total. The number of nitrogens with two attached hydrogens (primary N) is 1. The first-order valence-electron chi connectivity index (χ1n) is 5.91. The van der Waals surface area contributed by atoms with Gasteiger partial charge in [0.05, 0.1) is 0 Å². The molecule has 0 atom stereocenters. The summed E-state index contributed by atoms with van der Waals surface area (Å²) in [7, 11) is 0. The standard InChI is InChI=1S/C9H11N.C3H9N.C2H6/c1-4-9-7(2)5-10-6-8(9)3;1-2-3-4;1-2/h4-6H,1H2,2-3H3;2-4H2,1H3;1-2H3. The van der Waals surface area contributed by atoms with Crippen LogP contribution in [0, 0.1) is 13.8 Å². The van der Waals surface area contributed by atoms with Gasteiger partial charge in [0.25, 0.3) is 0 Å². The van der Waals surface area contributed by atoms with Crippen LogP contribution in [0.3, 0.4) is 0 Å². The highest BCUT2D eigenvalue weighted by molar-refractivity contribution is 5.54. The van der Waals surface area contributed by atoms with Gasteiger partial charge in [0, 0.05) is 12.4 Å². The first kappa shape index (κ1) is 17.3. The van der Waals surface area contributed by atoms with Gasteiger partial charge in [-0.1, -0.05) is 33.4 Å². The Morgan fingerprint density at radius 3 is 1.81 bits per heavy atom. The molecule has 1 rings (SSSR count). The third-order valence-electron chi connectivity index (χ3n) is 1.88. The summed E-state index contributed by atoms with van der Waals surface area (Å²) in [6, 6.07) is 0. The fraction of sp³-hybridized carbons (Fsp3) is 0.500. The Bertz CT molecular complexity index is 258. The van der Waals surface area contributed by atoms with E-state index in [0.29, 0.717) is 0 Å². The number of hydrogen-bond donors (Lipinski definition) is 1. The van der Waals surface area contributed by atoms with Crippen LogP contribution in [-0.2, 0) is 0 Å². The zero-order chi connectivity index (χ0) is 13.0. The Labute approximate surface area is 101 Å². The van der Waals surface area contributed by atoms with Gasteiger partial charge in [-0.3, -0.25) is 4.98 Å². The highest BCUT2D eigenvalue weighted by Gasteiger charge is 1.95. The van der Waals surface area contributed by atoms with Crippen LogP contribution in [0.25, 0.3) is 6.08 Å². The fourth-order valence-electron chi connectivity index (χ4n) is 1.03. The average molecular weight is 222 g/mol. The van der Waals surface area contributed by atoms with E-state index < -0.39 is 0 Å². The smallest absolute Gasteiger partial charge is 0.0303 e. The second-order valence-corrected chi connectivity index (χ2v) is 3.18. The Balaban J connectivity index is 0. The molecule has 0 aromatic carbocycles. The van der Waals surface area contributed by atoms with Crippen LogP contribution in [-0.4, -0.2) is 11.5 Å². The van der Waals surface area contributed by atoms with E-state index in [4.69, 9.17) is 5.73 Å². The predicted octanol–water partition coefficient (Wildman–Crippen LogP) is 3.72. The van der Waals surface area contributed by atoms with E-state index in [-0.39, 0.29) is 0 Å². The lowest BCUT2D eigenvalue weighted by Gasteiger charge is -2.01. The van der Waals surface area contributed by atoms with Crippen LogP contribution in [0.1, 0.15) is 43.9 Å². The minimum absolute atomic E-state index is 0.819. The molecule has 0 saturated carbocycles. The molecule has 1 heterocycles. The summed E-state index contributed by atoms with van der Waals surface area (Å²) in [5.74, 6) is 0. The Morgan fingerprint density at radius 2 is 1.62 bits per heavy atom. The van der Waals surface area contributed by atoms with Crippen molar-refractivity contribution in [2.45, 2.75) is 41.0 Å². The second-order valence-electron chi connectivity index (χ2n) is 3.18. The molecule has 0 fully saturated rings. The number of hydrogen-bond acceptors (Lipinski definition) is 2. The lowest BCUT2D eigenvalue weighted by molar-refractivity contribution is 0.932. The zero-order valence-corrected chi connectivity index (χ0v) is 11.4. The van der Waals surface area contributed by atoms with Crippen LogP contribution >= 0.6 is 0 Å². The van der Waals surface area contributed by atoms with Gasteiger partial charge in [0.15, 0.2) is 0 Å². The molecule has 0 bridgehead atoms. The number of aryl methyl sites for hydroxylation is 2. The monoisotopic (exact) mass is 222 g/mol. The molecule has 92 valence electrons. The van der Waals surface area contributed by atoms with Crippen LogP contribution in [0.4, 0.5) is 0 Å². The van der Waals surface area contributed by atoms with Crippen molar-refractivity contribution in [3.8, 4) is 0 Å². The van der Waals surface area contributed by atoms with Crippen molar-refractivity contribution in [1.82, 2.24) is 4.98 Å². The molecule has 1 aromatic rings. The largest absolute Gasteiger partial charge is 0.330 e. The molecule has 0 aliphatic rings. The summed E-state index contributed by atoms with van der Waals surface area (Å²) in [4.78, 5) is 4.04. The van der Waals surface area contributed by atoms with Crippen molar-refractivity contribution < 1.29 is 0 Å². The Kier molecular flexibility index (Phi) is 12.9. The second kappa shape index (κ2) is 11.9. The van der Waals surface area contributed by atoms with Gasteiger partial charge in [-0.25, -0.2) is 0 Å². The van der Waals surface area contributed by atoms with Crippen molar-refractivity contribution in [3.05, 3.63) is 35.7 Å².